The third-order valence-electron chi connectivity index (χ3n) is 3.46. The van der Waals surface area contributed by atoms with Gasteiger partial charge in [0.1, 0.15) is 11.3 Å². The molecule has 1 aromatic heterocycles. The summed E-state index contributed by atoms with van der Waals surface area (Å²) in [5.41, 5.74) is 7.15. The van der Waals surface area contributed by atoms with Crippen LogP contribution in [0.3, 0.4) is 0 Å². The van der Waals surface area contributed by atoms with Crippen molar-refractivity contribution in [3.05, 3.63) is 36.1 Å². The molecule has 0 bridgehead atoms. The van der Waals surface area contributed by atoms with Crippen LogP contribution in [0, 0.1) is 0 Å². The predicted molar refractivity (Wildman–Crippen MR) is 80.2 cm³/mol. The molecular weight excluding hydrogens is 236 g/mol. The molecule has 3 nitrogen and oxygen atoms in total. The van der Waals surface area contributed by atoms with E-state index >= 15 is 0 Å². The smallest absolute Gasteiger partial charge is 0.134 e. The second-order valence-corrected chi connectivity index (χ2v) is 5.26. The number of furan rings is 1. The lowest BCUT2D eigenvalue weighted by Gasteiger charge is -2.19. The van der Waals surface area contributed by atoms with Gasteiger partial charge in [-0.15, -0.1) is 0 Å². The molecule has 1 unspecified atom stereocenters. The monoisotopic (exact) mass is 260 g/mol. The van der Waals surface area contributed by atoms with Crippen LogP contribution in [0.1, 0.15) is 38.0 Å². The third-order valence-corrected chi connectivity index (χ3v) is 3.46. The number of nitrogens with two attached hydrogens (primary N) is 1. The van der Waals surface area contributed by atoms with E-state index in [1.807, 2.05) is 18.2 Å². The quantitative estimate of drug-likeness (QED) is 0.774. The van der Waals surface area contributed by atoms with Gasteiger partial charge in [-0.05, 0) is 32.1 Å². The lowest BCUT2D eigenvalue weighted by Crippen LogP contribution is -2.29. The maximum absolute atomic E-state index is 6.23. The van der Waals surface area contributed by atoms with Crippen molar-refractivity contribution in [2.45, 2.75) is 32.2 Å². The van der Waals surface area contributed by atoms with Crippen LogP contribution in [0.25, 0.3) is 11.0 Å². The van der Waals surface area contributed by atoms with Crippen LogP contribution in [0.4, 0.5) is 0 Å². The number of rotatable bonds is 7. The Morgan fingerprint density at radius 3 is 2.79 bits per heavy atom. The first-order valence-electron chi connectivity index (χ1n) is 7.13. The largest absolute Gasteiger partial charge is 0.459 e. The molecule has 1 atom stereocenters. The van der Waals surface area contributed by atoms with E-state index in [2.05, 4.69) is 31.0 Å². The van der Waals surface area contributed by atoms with Gasteiger partial charge in [0, 0.05) is 11.9 Å². The standard InChI is InChI=1S/C16H24N2O/c1-3-4-7-10-18(2)12-14(17)16-11-13-8-5-6-9-15(13)19-16/h5-6,8-9,11,14H,3-4,7,10,12,17H2,1-2H3. The first-order valence-corrected chi connectivity index (χ1v) is 7.13. The summed E-state index contributed by atoms with van der Waals surface area (Å²) in [6.07, 6.45) is 3.77. The highest BCUT2D eigenvalue weighted by molar-refractivity contribution is 5.77. The van der Waals surface area contributed by atoms with Gasteiger partial charge in [-0.25, -0.2) is 0 Å². The molecule has 0 aliphatic heterocycles. The molecule has 0 radical (unpaired) electrons. The zero-order valence-electron chi connectivity index (χ0n) is 11.9. The van der Waals surface area contributed by atoms with Crippen molar-refractivity contribution in [3.63, 3.8) is 0 Å². The average Bonchev–Trinajstić information content (AvgIpc) is 2.83. The van der Waals surface area contributed by atoms with E-state index < -0.39 is 0 Å². The van der Waals surface area contributed by atoms with Crippen molar-refractivity contribution >= 4 is 11.0 Å². The fourth-order valence-electron chi connectivity index (χ4n) is 2.33. The molecule has 0 saturated heterocycles. The molecule has 2 aromatic rings. The molecule has 104 valence electrons. The summed E-state index contributed by atoms with van der Waals surface area (Å²) in [5.74, 6) is 0.878. The van der Waals surface area contributed by atoms with E-state index in [1.165, 1.54) is 19.3 Å². The minimum absolute atomic E-state index is 0.0565. The predicted octanol–water partition coefficient (Wildman–Crippen LogP) is 3.55. The van der Waals surface area contributed by atoms with Gasteiger partial charge in [0.2, 0.25) is 0 Å². The topological polar surface area (TPSA) is 42.4 Å². The zero-order chi connectivity index (χ0) is 13.7. The van der Waals surface area contributed by atoms with Crippen LogP contribution in [0.5, 0.6) is 0 Å². The molecule has 0 amide bonds. The Hall–Kier alpha value is -1.32. The summed E-state index contributed by atoms with van der Waals surface area (Å²) < 4.78 is 5.80. The van der Waals surface area contributed by atoms with E-state index in [-0.39, 0.29) is 6.04 Å². The number of fused-ring (bicyclic) bond motifs is 1. The van der Waals surface area contributed by atoms with Crippen LogP contribution in [0.2, 0.25) is 0 Å². The Morgan fingerprint density at radius 2 is 2.05 bits per heavy atom. The lowest BCUT2D eigenvalue weighted by molar-refractivity contribution is 0.292. The summed E-state index contributed by atoms with van der Waals surface area (Å²) in [7, 11) is 2.12. The van der Waals surface area contributed by atoms with E-state index in [0.29, 0.717) is 0 Å². The van der Waals surface area contributed by atoms with E-state index in [0.717, 1.165) is 29.8 Å². The summed E-state index contributed by atoms with van der Waals surface area (Å²) in [4.78, 5) is 2.29. The highest BCUT2D eigenvalue weighted by Gasteiger charge is 2.13. The Balaban J connectivity index is 1.93. The number of nitrogens with zero attached hydrogens (tertiary/aromatic N) is 1. The third kappa shape index (κ3) is 3.82. The molecule has 0 spiro atoms. The van der Waals surface area contributed by atoms with Gasteiger partial charge in [-0.3, -0.25) is 0 Å². The zero-order valence-corrected chi connectivity index (χ0v) is 11.9. The van der Waals surface area contributed by atoms with Crippen LogP contribution >= 0.6 is 0 Å². The number of benzene rings is 1. The molecule has 1 aromatic carbocycles. The lowest BCUT2D eigenvalue weighted by atomic mass is 10.2. The van der Waals surface area contributed by atoms with Crippen molar-refractivity contribution in [3.8, 4) is 0 Å². The van der Waals surface area contributed by atoms with Gasteiger partial charge in [-0.2, -0.15) is 0 Å². The SMILES string of the molecule is CCCCCN(C)CC(N)c1cc2ccccc2o1. The number of unbranched alkanes of at least 4 members (excludes halogenated alkanes) is 2. The van der Waals surface area contributed by atoms with E-state index in [9.17, 15) is 0 Å². The minimum atomic E-state index is -0.0565. The Morgan fingerprint density at radius 1 is 1.26 bits per heavy atom. The molecule has 0 aliphatic carbocycles. The number of likely N-dealkylation sites (N-methyl/N-ethyl adjacent to an activating group) is 1. The van der Waals surface area contributed by atoms with Crippen LogP contribution in [-0.4, -0.2) is 25.0 Å². The van der Waals surface area contributed by atoms with Crippen LogP contribution < -0.4 is 5.73 Å². The van der Waals surface area contributed by atoms with Crippen molar-refractivity contribution in [1.29, 1.82) is 0 Å². The molecule has 1 heterocycles. The van der Waals surface area contributed by atoms with Crippen molar-refractivity contribution < 1.29 is 4.42 Å². The van der Waals surface area contributed by atoms with E-state index in [1.54, 1.807) is 0 Å². The second-order valence-electron chi connectivity index (χ2n) is 5.26. The summed E-state index contributed by atoms with van der Waals surface area (Å²) >= 11 is 0. The first-order chi connectivity index (χ1) is 9.20. The van der Waals surface area contributed by atoms with Gasteiger partial charge < -0.3 is 15.1 Å². The van der Waals surface area contributed by atoms with Gasteiger partial charge >= 0.3 is 0 Å². The molecular formula is C16H24N2O. The Bertz CT molecular complexity index is 473. The van der Waals surface area contributed by atoms with Gasteiger partial charge in [0.05, 0.1) is 6.04 Å². The normalized spacial score (nSPS) is 13.3. The highest BCUT2D eigenvalue weighted by Crippen LogP contribution is 2.23. The van der Waals surface area contributed by atoms with Crippen LogP contribution in [-0.2, 0) is 0 Å². The maximum Gasteiger partial charge on any atom is 0.134 e. The second kappa shape index (κ2) is 6.73. The van der Waals surface area contributed by atoms with Crippen molar-refractivity contribution in [1.82, 2.24) is 4.90 Å². The number of hydrogen-bond donors (Lipinski definition) is 1. The molecule has 2 N–H and O–H groups in total. The fraction of sp³-hybridized carbons (Fsp3) is 0.500. The Kier molecular flexibility index (Phi) is 5.00. The Labute approximate surface area is 115 Å². The summed E-state index contributed by atoms with van der Waals surface area (Å²) in [6.45, 7) is 4.16. The molecule has 2 rings (SSSR count). The molecule has 19 heavy (non-hydrogen) atoms. The maximum atomic E-state index is 6.23. The van der Waals surface area contributed by atoms with E-state index in [4.69, 9.17) is 10.2 Å². The highest BCUT2D eigenvalue weighted by atomic mass is 16.3. The molecule has 0 fully saturated rings. The van der Waals surface area contributed by atoms with Gasteiger partial charge in [-0.1, -0.05) is 38.0 Å². The van der Waals surface area contributed by atoms with Crippen molar-refractivity contribution in [2.24, 2.45) is 5.73 Å². The average molecular weight is 260 g/mol. The van der Waals surface area contributed by atoms with Gasteiger partial charge in [0.15, 0.2) is 0 Å². The fourth-order valence-corrected chi connectivity index (χ4v) is 2.33. The first kappa shape index (κ1) is 14.1. The van der Waals surface area contributed by atoms with Gasteiger partial charge in [0.25, 0.3) is 0 Å². The summed E-state index contributed by atoms with van der Waals surface area (Å²) in [5, 5.41) is 1.13. The molecule has 0 saturated carbocycles. The number of para-hydroxylation sites is 1. The molecule has 3 heteroatoms. The van der Waals surface area contributed by atoms with Crippen LogP contribution in [0.15, 0.2) is 34.7 Å². The van der Waals surface area contributed by atoms with Crippen molar-refractivity contribution in [2.75, 3.05) is 20.1 Å². The number of hydrogen-bond acceptors (Lipinski definition) is 3. The summed E-state index contributed by atoms with van der Waals surface area (Å²) in [6, 6.07) is 10.0. The minimum Gasteiger partial charge on any atom is -0.459 e. The molecule has 0 aliphatic rings.